The monoisotopic (exact) mass is 560 g/mol. The van der Waals surface area contributed by atoms with Crippen molar-refractivity contribution in [1.29, 1.82) is 0 Å². The van der Waals surface area contributed by atoms with E-state index in [-0.39, 0.29) is 37.3 Å². The summed E-state index contributed by atoms with van der Waals surface area (Å²) in [5, 5.41) is 22.9. The second-order valence-corrected chi connectivity index (χ2v) is 9.29. The highest BCUT2D eigenvalue weighted by atomic mass is 127. The lowest BCUT2D eigenvalue weighted by atomic mass is 9.87. The summed E-state index contributed by atoms with van der Waals surface area (Å²) in [6.45, 7) is 4.46. The molecule has 8 nitrogen and oxygen atoms in total. The molecule has 0 saturated heterocycles. The molecule has 178 valence electrons. The minimum Gasteiger partial charge on any atom is -0.482 e. The van der Waals surface area contributed by atoms with Gasteiger partial charge in [-0.2, -0.15) is 0 Å². The van der Waals surface area contributed by atoms with Gasteiger partial charge in [-0.3, -0.25) is 9.59 Å². The highest BCUT2D eigenvalue weighted by Gasteiger charge is 2.40. The molecule has 0 spiro atoms. The fourth-order valence-corrected chi connectivity index (χ4v) is 4.11. The molecule has 9 heteroatoms. The van der Waals surface area contributed by atoms with Crippen LogP contribution >= 0.6 is 22.6 Å². The Bertz CT molecular complexity index is 800. The van der Waals surface area contributed by atoms with Gasteiger partial charge in [0.25, 0.3) is 0 Å². The number of amides is 2. The number of nitrogens with one attached hydrogen (secondary N) is 1. The molecule has 0 unspecified atom stereocenters. The van der Waals surface area contributed by atoms with Crippen molar-refractivity contribution in [2.45, 2.75) is 44.9 Å². The number of hydrogen-bond donors (Lipinski definition) is 3. The van der Waals surface area contributed by atoms with E-state index in [1.165, 1.54) is 0 Å². The first kappa shape index (κ1) is 26.6. The summed E-state index contributed by atoms with van der Waals surface area (Å²) in [5.41, 5.74) is 0.407. The number of aliphatic hydroxyl groups is 2. The molecule has 3 N–H and O–H groups in total. The third-order valence-corrected chi connectivity index (χ3v) is 6.05. The van der Waals surface area contributed by atoms with Crippen LogP contribution in [-0.4, -0.2) is 78.6 Å². The SMILES string of the molecule is COCCN(C(=O)CC(C)C)[C@@H]1CC(C(=O)NCCO)=C[C@H](Oc2ccccc2I)[C@H]1O. The highest BCUT2D eigenvalue weighted by molar-refractivity contribution is 14.1. The number of benzene rings is 1. The number of nitrogens with zero attached hydrogens (tertiary/aromatic N) is 1. The van der Waals surface area contributed by atoms with Crippen molar-refractivity contribution in [2.75, 3.05) is 33.4 Å². The van der Waals surface area contributed by atoms with Gasteiger partial charge < -0.3 is 29.9 Å². The molecule has 0 heterocycles. The number of halogens is 1. The number of ether oxygens (including phenoxy) is 2. The predicted molar refractivity (Wildman–Crippen MR) is 129 cm³/mol. The van der Waals surface area contributed by atoms with Crippen molar-refractivity contribution in [3.8, 4) is 5.75 Å². The Balaban J connectivity index is 2.38. The van der Waals surface area contributed by atoms with Gasteiger partial charge in [0.05, 0.1) is 22.8 Å². The van der Waals surface area contributed by atoms with E-state index in [4.69, 9.17) is 14.6 Å². The van der Waals surface area contributed by atoms with Crippen molar-refractivity contribution in [3.05, 3.63) is 39.5 Å². The molecule has 0 aliphatic heterocycles. The number of aliphatic hydroxyl groups excluding tert-OH is 2. The van der Waals surface area contributed by atoms with E-state index in [2.05, 4.69) is 27.9 Å². The van der Waals surface area contributed by atoms with Gasteiger partial charge in [0.1, 0.15) is 18.0 Å². The number of para-hydroxylation sites is 1. The summed E-state index contributed by atoms with van der Waals surface area (Å²) < 4.78 is 12.2. The summed E-state index contributed by atoms with van der Waals surface area (Å²) >= 11 is 2.15. The first-order valence-corrected chi connectivity index (χ1v) is 11.8. The summed E-state index contributed by atoms with van der Waals surface area (Å²) in [5.74, 6) is 0.275. The lowest BCUT2D eigenvalue weighted by molar-refractivity contribution is -0.140. The van der Waals surface area contributed by atoms with Gasteiger partial charge in [0, 0.05) is 38.6 Å². The molecular formula is C23H33IN2O6. The standard InChI is InChI=1S/C23H33IN2O6/c1-15(2)12-21(28)26(9-11-31-3)18-13-16(23(30)25-8-10-27)14-20(22(18)29)32-19-7-5-4-6-17(19)24/h4-7,14-15,18,20,22,27,29H,8-13H2,1-3H3,(H,25,30)/t18-,20+,22+/m1/s1. The molecule has 2 amide bonds. The van der Waals surface area contributed by atoms with Crippen molar-refractivity contribution >= 4 is 34.4 Å². The zero-order valence-corrected chi connectivity index (χ0v) is 20.9. The summed E-state index contributed by atoms with van der Waals surface area (Å²) in [7, 11) is 1.55. The molecule has 0 saturated carbocycles. The Hall–Kier alpha value is -1.69. The number of rotatable bonds is 11. The third kappa shape index (κ3) is 7.43. The minimum atomic E-state index is -1.03. The van der Waals surface area contributed by atoms with Crippen LogP contribution in [0.2, 0.25) is 0 Å². The Labute approximate surface area is 203 Å². The molecule has 1 aliphatic carbocycles. The lowest BCUT2D eigenvalue weighted by Crippen LogP contribution is -2.56. The van der Waals surface area contributed by atoms with E-state index in [9.17, 15) is 14.7 Å². The van der Waals surface area contributed by atoms with E-state index < -0.39 is 18.2 Å². The predicted octanol–water partition coefficient (Wildman–Crippen LogP) is 1.73. The van der Waals surface area contributed by atoms with Gasteiger partial charge >= 0.3 is 0 Å². The van der Waals surface area contributed by atoms with Crippen LogP contribution in [0.25, 0.3) is 0 Å². The van der Waals surface area contributed by atoms with Crippen LogP contribution in [0.3, 0.4) is 0 Å². The normalized spacial score (nSPS) is 20.6. The van der Waals surface area contributed by atoms with Crippen molar-refractivity contribution in [2.24, 2.45) is 5.92 Å². The smallest absolute Gasteiger partial charge is 0.247 e. The first-order valence-electron chi connectivity index (χ1n) is 10.8. The largest absolute Gasteiger partial charge is 0.482 e. The van der Waals surface area contributed by atoms with Gasteiger partial charge in [-0.05, 0) is 46.7 Å². The van der Waals surface area contributed by atoms with Crippen molar-refractivity contribution in [1.82, 2.24) is 10.2 Å². The van der Waals surface area contributed by atoms with Crippen LogP contribution in [0.5, 0.6) is 5.75 Å². The third-order valence-electron chi connectivity index (χ3n) is 5.15. The second kappa shape index (κ2) is 13.1. The Morgan fingerprint density at radius 3 is 2.66 bits per heavy atom. The van der Waals surface area contributed by atoms with Gasteiger partial charge in [-0.1, -0.05) is 26.0 Å². The maximum atomic E-state index is 13.0. The van der Waals surface area contributed by atoms with Crippen molar-refractivity contribution < 1.29 is 29.3 Å². The lowest BCUT2D eigenvalue weighted by Gasteiger charge is -2.40. The van der Waals surface area contributed by atoms with E-state index in [1.807, 2.05) is 32.0 Å². The molecule has 32 heavy (non-hydrogen) atoms. The number of methoxy groups -OCH3 is 1. The van der Waals surface area contributed by atoms with E-state index in [0.717, 1.165) is 3.57 Å². The fourth-order valence-electron chi connectivity index (χ4n) is 3.60. The summed E-state index contributed by atoms with van der Waals surface area (Å²) in [4.78, 5) is 27.3. The van der Waals surface area contributed by atoms with E-state index in [0.29, 0.717) is 30.9 Å². The molecule has 0 fully saturated rings. The first-order chi connectivity index (χ1) is 15.3. The molecule has 2 rings (SSSR count). The molecule has 1 aliphatic rings. The topological polar surface area (TPSA) is 108 Å². The molecule has 3 atom stereocenters. The molecule has 0 bridgehead atoms. The quantitative estimate of drug-likeness (QED) is 0.356. The van der Waals surface area contributed by atoms with Gasteiger partial charge in [0.2, 0.25) is 11.8 Å². The average Bonchev–Trinajstić information content (AvgIpc) is 2.75. The van der Waals surface area contributed by atoms with Crippen molar-refractivity contribution in [3.63, 3.8) is 0 Å². The molecular weight excluding hydrogens is 527 g/mol. The van der Waals surface area contributed by atoms with E-state index in [1.54, 1.807) is 24.2 Å². The Morgan fingerprint density at radius 2 is 2.03 bits per heavy atom. The number of carbonyl (C=O) groups excluding carboxylic acids is 2. The van der Waals surface area contributed by atoms with E-state index >= 15 is 0 Å². The maximum absolute atomic E-state index is 13.0. The summed E-state index contributed by atoms with van der Waals surface area (Å²) in [6, 6.07) is 6.75. The van der Waals surface area contributed by atoms with Gasteiger partial charge in [0.15, 0.2) is 0 Å². The van der Waals surface area contributed by atoms with Crippen LogP contribution in [0.4, 0.5) is 0 Å². The van der Waals surface area contributed by atoms with Crippen LogP contribution in [0.1, 0.15) is 26.7 Å². The number of hydrogen-bond acceptors (Lipinski definition) is 6. The minimum absolute atomic E-state index is 0.105. The number of carbonyl (C=O) groups is 2. The van der Waals surface area contributed by atoms with Gasteiger partial charge in [-0.25, -0.2) is 0 Å². The second-order valence-electron chi connectivity index (χ2n) is 8.12. The maximum Gasteiger partial charge on any atom is 0.247 e. The zero-order chi connectivity index (χ0) is 23.7. The zero-order valence-electron chi connectivity index (χ0n) is 18.8. The highest BCUT2D eigenvalue weighted by Crippen LogP contribution is 2.30. The van der Waals surface area contributed by atoms with Crippen LogP contribution < -0.4 is 10.1 Å². The molecule has 0 radical (unpaired) electrons. The van der Waals surface area contributed by atoms with Crippen LogP contribution in [0.15, 0.2) is 35.9 Å². The van der Waals surface area contributed by atoms with Crippen LogP contribution in [0, 0.1) is 9.49 Å². The summed E-state index contributed by atoms with van der Waals surface area (Å²) in [6.07, 6.45) is 0.255. The molecule has 1 aromatic rings. The average molecular weight is 560 g/mol. The molecule has 1 aromatic carbocycles. The van der Waals surface area contributed by atoms with Gasteiger partial charge in [-0.15, -0.1) is 0 Å². The van der Waals surface area contributed by atoms with Crippen LogP contribution in [-0.2, 0) is 14.3 Å². The Morgan fingerprint density at radius 1 is 1.31 bits per heavy atom. The fraction of sp³-hybridized carbons (Fsp3) is 0.565. The Kier molecular flexibility index (Phi) is 10.9. The molecule has 0 aromatic heterocycles.